The normalized spacial score (nSPS) is 16.2. The SMILES string of the molecule is CCCC1/C(=[N+](/C(=O)NCc2ccccc2)c2ccc(-c3cnn(C)c3)cn2)C1CCCNc1ncc(C#N)c(-c2cnn3ccccc23)n1. The van der Waals surface area contributed by atoms with Gasteiger partial charge in [0, 0.05) is 60.6 Å². The fourth-order valence-corrected chi connectivity index (χ4v) is 6.56. The highest BCUT2D eigenvalue weighted by atomic mass is 16.2. The molecular formula is C38H38N11O+. The van der Waals surface area contributed by atoms with E-state index in [0.29, 0.717) is 36.1 Å². The van der Waals surface area contributed by atoms with Crippen LogP contribution >= 0.6 is 0 Å². The highest BCUT2D eigenvalue weighted by molar-refractivity contribution is 6.03. The van der Waals surface area contributed by atoms with Crippen molar-refractivity contribution in [2.45, 2.75) is 39.2 Å². The molecule has 0 radical (unpaired) electrons. The zero-order chi connectivity index (χ0) is 34.5. The second-order valence-electron chi connectivity index (χ2n) is 12.4. The highest BCUT2D eigenvalue weighted by Gasteiger charge is 2.50. The Morgan fingerprint density at radius 3 is 2.54 bits per heavy atom. The van der Waals surface area contributed by atoms with Gasteiger partial charge in [0.15, 0.2) is 0 Å². The molecule has 12 heteroatoms. The van der Waals surface area contributed by atoms with Crippen LogP contribution in [0.2, 0.25) is 0 Å². The molecule has 1 aromatic carbocycles. The number of amides is 2. The molecular weight excluding hydrogens is 626 g/mol. The van der Waals surface area contributed by atoms with Crippen molar-refractivity contribution in [2.75, 3.05) is 11.9 Å². The van der Waals surface area contributed by atoms with Crippen molar-refractivity contribution in [3.05, 3.63) is 109 Å². The van der Waals surface area contributed by atoms with Gasteiger partial charge in [-0.15, -0.1) is 4.98 Å². The highest BCUT2D eigenvalue weighted by Crippen LogP contribution is 2.43. The van der Waals surface area contributed by atoms with Crippen molar-refractivity contribution in [2.24, 2.45) is 18.9 Å². The van der Waals surface area contributed by atoms with E-state index in [4.69, 9.17) is 9.97 Å². The first-order chi connectivity index (χ1) is 24.5. The molecule has 0 bridgehead atoms. The van der Waals surface area contributed by atoms with Gasteiger partial charge in [0.05, 0.1) is 47.6 Å². The largest absolute Gasteiger partial charge is 0.441 e. The average Bonchev–Trinajstić information content (AvgIpc) is 3.43. The van der Waals surface area contributed by atoms with Crippen LogP contribution in [0.3, 0.4) is 0 Å². The fourth-order valence-electron chi connectivity index (χ4n) is 6.56. The number of aryl methyl sites for hydroxylation is 1. The molecule has 1 aliphatic carbocycles. The van der Waals surface area contributed by atoms with Crippen molar-refractivity contribution in [1.82, 2.24) is 39.7 Å². The van der Waals surface area contributed by atoms with E-state index in [9.17, 15) is 10.1 Å². The lowest BCUT2D eigenvalue weighted by Gasteiger charge is -2.08. The second-order valence-corrected chi connectivity index (χ2v) is 12.4. The van der Waals surface area contributed by atoms with Crippen LogP contribution in [0.15, 0.2) is 97.8 Å². The maximum Gasteiger partial charge on any atom is 0.441 e. The Labute approximate surface area is 290 Å². The summed E-state index contributed by atoms with van der Waals surface area (Å²) >= 11 is 0. The van der Waals surface area contributed by atoms with Gasteiger partial charge in [0.25, 0.3) is 5.82 Å². The summed E-state index contributed by atoms with van der Waals surface area (Å²) in [6, 6.07) is 21.6. The van der Waals surface area contributed by atoms with Crippen LogP contribution in [0.5, 0.6) is 0 Å². The Morgan fingerprint density at radius 2 is 1.78 bits per heavy atom. The smallest absolute Gasteiger partial charge is 0.354 e. The number of fused-ring (bicyclic) bond motifs is 1. The Bertz CT molecular complexity index is 2200. The number of anilines is 1. The summed E-state index contributed by atoms with van der Waals surface area (Å²) in [6.07, 6.45) is 14.4. The van der Waals surface area contributed by atoms with Gasteiger partial charge in [-0.3, -0.25) is 10.00 Å². The number of hydrogen-bond acceptors (Lipinski definition) is 8. The zero-order valence-corrected chi connectivity index (χ0v) is 28.1. The molecule has 1 saturated carbocycles. The molecule has 2 N–H and O–H groups in total. The van der Waals surface area contributed by atoms with Crippen LogP contribution in [-0.2, 0) is 13.6 Å². The topological polar surface area (TPSA) is 142 Å². The van der Waals surface area contributed by atoms with Crippen LogP contribution in [-0.4, -0.2) is 57.2 Å². The number of nitriles is 1. The predicted molar refractivity (Wildman–Crippen MR) is 191 cm³/mol. The molecule has 7 rings (SSSR count). The Kier molecular flexibility index (Phi) is 9.37. The summed E-state index contributed by atoms with van der Waals surface area (Å²) in [5.41, 5.74) is 6.62. The van der Waals surface area contributed by atoms with Crippen molar-refractivity contribution in [1.29, 1.82) is 5.26 Å². The van der Waals surface area contributed by atoms with Crippen LogP contribution in [0.4, 0.5) is 16.6 Å². The minimum absolute atomic E-state index is 0.182. The van der Waals surface area contributed by atoms with E-state index in [1.165, 1.54) is 0 Å². The summed E-state index contributed by atoms with van der Waals surface area (Å²) in [5, 5.41) is 24.9. The van der Waals surface area contributed by atoms with E-state index < -0.39 is 0 Å². The molecule has 0 spiro atoms. The number of urea groups is 1. The van der Waals surface area contributed by atoms with Gasteiger partial charge in [0.2, 0.25) is 5.95 Å². The van der Waals surface area contributed by atoms with Gasteiger partial charge in [0.1, 0.15) is 12.3 Å². The molecule has 0 aliphatic heterocycles. The number of nitrogens with zero attached hydrogens (tertiary/aromatic N) is 9. The van der Waals surface area contributed by atoms with E-state index in [1.807, 2.05) is 86.3 Å². The van der Waals surface area contributed by atoms with E-state index in [1.54, 1.807) is 32.4 Å². The van der Waals surface area contributed by atoms with Crippen LogP contribution < -0.4 is 10.6 Å². The molecule has 5 heterocycles. The maximum absolute atomic E-state index is 13.9. The third-order valence-corrected chi connectivity index (χ3v) is 9.06. The van der Waals surface area contributed by atoms with Gasteiger partial charge in [-0.25, -0.2) is 19.3 Å². The minimum atomic E-state index is -0.182. The quantitative estimate of drug-likeness (QED) is 0.113. The lowest BCUT2D eigenvalue weighted by atomic mass is 10.1. The maximum atomic E-state index is 13.9. The first-order valence-electron chi connectivity index (χ1n) is 16.9. The second kappa shape index (κ2) is 14.5. The molecule has 6 aromatic rings. The summed E-state index contributed by atoms with van der Waals surface area (Å²) < 4.78 is 5.31. The Hall–Kier alpha value is -6.22. The summed E-state index contributed by atoms with van der Waals surface area (Å²) in [7, 11) is 1.88. The van der Waals surface area contributed by atoms with Crippen molar-refractivity contribution in [3.63, 3.8) is 0 Å². The number of rotatable bonds is 12. The van der Waals surface area contributed by atoms with E-state index in [-0.39, 0.29) is 17.9 Å². The molecule has 250 valence electrons. The van der Waals surface area contributed by atoms with E-state index in [0.717, 1.165) is 59.2 Å². The van der Waals surface area contributed by atoms with Crippen molar-refractivity contribution in [3.8, 4) is 28.5 Å². The molecule has 0 saturated heterocycles. The van der Waals surface area contributed by atoms with Gasteiger partial charge in [-0.05, 0) is 43.0 Å². The number of pyridine rings is 2. The predicted octanol–water partition coefficient (Wildman–Crippen LogP) is 6.39. The molecule has 2 amide bonds. The molecule has 12 nitrogen and oxygen atoms in total. The van der Waals surface area contributed by atoms with E-state index >= 15 is 0 Å². The van der Waals surface area contributed by atoms with E-state index in [2.05, 4.69) is 38.8 Å². The standard InChI is InChI=1S/C38H37N11O/c1-3-10-30-31(13-9-17-40-37-42-22-28(19-39)35(46-37)32-24-45-48-18-8-7-14-33(32)48)36(30)49(38(50)43-20-26-11-5-4-6-12-26)34-16-15-27(21-41-34)29-23-44-47(2)25-29/h4-8,11-12,14-16,18,21-25,30-31H,3,9-10,13,17,20H2,1-2H3,(H-,40,42,43,46,50)/p+1/b49-36-. The van der Waals surface area contributed by atoms with Crippen LogP contribution in [0, 0.1) is 23.2 Å². The van der Waals surface area contributed by atoms with Crippen LogP contribution in [0.25, 0.3) is 27.9 Å². The Balaban J connectivity index is 1.09. The molecule has 5 aromatic heterocycles. The first-order valence-corrected chi connectivity index (χ1v) is 16.9. The molecule has 1 fully saturated rings. The fraction of sp³-hybridized carbons (Fsp3) is 0.263. The minimum Gasteiger partial charge on any atom is -0.354 e. The number of benzene rings is 1. The van der Waals surface area contributed by atoms with Gasteiger partial charge >= 0.3 is 6.03 Å². The third kappa shape index (κ3) is 6.84. The average molecular weight is 665 g/mol. The molecule has 50 heavy (non-hydrogen) atoms. The monoisotopic (exact) mass is 664 g/mol. The van der Waals surface area contributed by atoms with Gasteiger partial charge in [-0.1, -0.05) is 49.7 Å². The summed E-state index contributed by atoms with van der Waals surface area (Å²) in [5.74, 6) is 1.59. The first kappa shape index (κ1) is 32.3. The molecule has 2 atom stereocenters. The molecule has 2 unspecified atom stereocenters. The third-order valence-electron chi connectivity index (χ3n) is 9.06. The van der Waals surface area contributed by atoms with Crippen molar-refractivity contribution < 1.29 is 9.37 Å². The number of carbonyl (C=O) groups excluding carboxylic acids is 1. The van der Waals surface area contributed by atoms with Crippen LogP contribution in [0.1, 0.15) is 43.7 Å². The zero-order valence-electron chi connectivity index (χ0n) is 28.1. The number of aromatic nitrogens is 7. The number of nitrogens with one attached hydrogen (secondary N) is 2. The van der Waals surface area contributed by atoms with Crippen molar-refractivity contribution >= 4 is 29.0 Å². The number of carbonyl (C=O) groups is 1. The van der Waals surface area contributed by atoms with Gasteiger partial charge < -0.3 is 5.32 Å². The lowest BCUT2D eigenvalue weighted by molar-refractivity contribution is -0.337. The lowest BCUT2D eigenvalue weighted by Crippen LogP contribution is -2.32. The number of hydrogen-bond donors (Lipinski definition) is 2. The summed E-state index contributed by atoms with van der Waals surface area (Å²) in [6.45, 7) is 3.24. The molecule has 1 aliphatic rings. The summed E-state index contributed by atoms with van der Waals surface area (Å²) in [4.78, 5) is 27.8. The van der Waals surface area contributed by atoms with Gasteiger partial charge in [-0.2, -0.15) is 20.0 Å². The Morgan fingerprint density at radius 1 is 0.940 bits per heavy atom.